The Morgan fingerprint density at radius 3 is 2.36 bits per heavy atom. The number of rotatable bonds is 5. The zero-order valence-corrected chi connectivity index (χ0v) is 11.1. The third-order valence-corrected chi connectivity index (χ3v) is 4.04. The summed E-state index contributed by atoms with van der Waals surface area (Å²) in [6.07, 6.45) is 1.90. The summed E-state index contributed by atoms with van der Waals surface area (Å²) in [5.41, 5.74) is 0. The van der Waals surface area contributed by atoms with E-state index in [-0.39, 0.29) is 5.91 Å². The third-order valence-electron chi connectivity index (χ3n) is 1.99. The lowest BCUT2D eigenvalue weighted by Gasteiger charge is -2.19. The van der Waals surface area contributed by atoms with Gasteiger partial charge >= 0.3 is 0 Å². The molecule has 0 aliphatic carbocycles. The van der Waals surface area contributed by atoms with Gasteiger partial charge in [0.2, 0.25) is 5.91 Å². The van der Waals surface area contributed by atoms with Gasteiger partial charge in [-0.05, 0) is 13.3 Å². The molecule has 0 heterocycles. The number of carbonyl (C=O) groups excluding carboxylic acids is 1. The lowest BCUT2D eigenvalue weighted by Crippen LogP contribution is -2.39. The first-order chi connectivity index (χ1) is 6.30. The van der Waals surface area contributed by atoms with Gasteiger partial charge < -0.3 is 4.90 Å². The van der Waals surface area contributed by atoms with Gasteiger partial charge in [-0.3, -0.25) is 4.79 Å². The fourth-order valence-corrected chi connectivity index (χ4v) is 1.70. The molecule has 0 aromatic rings. The van der Waals surface area contributed by atoms with E-state index in [2.05, 4.69) is 15.9 Å². The maximum atomic E-state index is 11.5. The highest BCUT2D eigenvalue weighted by Crippen LogP contribution is 2.03. The summed E-state index contributed by atoms with van der Waals surface area (Å²) in [6, 6.07) is 0. The van der Waals surface area contributed by atoms with Gasteiger partial charge in [0.15, 0.2) is 9.84 Å². The Bertz CT molecular complexity index is 289. The van der Waals surface area contributed by atoms with Crippen LogP contribution in [0.3, 0.4) is 0 Å². The molecule has 4 nitrogen and oxygen atoms in total. The molecule has 6 heteroatoms. The number of halogens is 1. The van der Waals surface area contributed by atoms with Crippen molar-refractivity contribution in [3.05, 3.63) is 0 Å². The van der Waals surface area contributed by atoms with E-state index >= 15 is 0 Å². The average molecular weight is 286 g/mol. The summed E-state index contributed by atoms with van der Waals surface area (Å²) in [4.78, 5) is 13.0. The van der Waals surface area contributed by atoms with Crippen molar-refractivity contribution in [2.24, 2.45) is 0 Å². The van der Waals surface area contributed by atoms with Crippen LogP contribution in [-0.2, 0) is 14.6 Å². The molecule has 0 rings (SSSR count). The molecule has 0 aliphatic heterocycles. The Hall–Kier alpha value is -0.100. The summed E-state index contributed by atoms with van der Waals surface area (Å²) in [7, 11) is -1.66. The van der Waals surface area contributed by atoms with Gasteiger partial charge in [0, 0.05) is 25.2 Å². The van der Waals surface area contributed by atoms with Crippen LogP contribution in [-0.4, -0.2) is 49.7 Å². The summed E-state index contributed by atoms with van der Waals surface area (Å²) >= 11 is 3.25. The molecule has 14 heavy (non-hydrogen) atoms. The Kier molecular flexibility index (Phi) is 5.66. The monoisotopic (exact) mass is 285 g/mol. The third kappa shape index (κ3) is 4.41. The van der Waals surface area contributed by atoms with E-state index in [1.54, 1.807) is 7.05 Å². The molecule has 0 saturated heterocycles. The molecule has 1 atom stereocenters. The average Bonchev–Trinajstić information content (AvgIpc) is 2.10. The van der Waals surface area contributed by atoms with Crippen LogP contribution < -0.4 is 0 Å². The van der Waals surface area contributed by atoms with Crippen molar-refractivity contribution in [3.8, 4) is 0 Å². The standard InChI is InChI=1S/C8H16BrNO3S/c1-7(14(3,12)13)8(11)10(2)6-4-5-9/h7H,4-6H2,1-3H3. The normalized spacial score (nSPS) is 13.7. The quantitative estimate of drug-likeness (QED) is 0.698. The summed E-state index contributed by atoms with van der Waals surface area (Å²) < 4.78 is 22.2. The highest BCUT2D eigenvalue weighted by molar-refractivity contribution is 9.09. The lowest BCUT2D eigenvalue weighted by atomic mass is 10.3. The molecule has 0 aromatic carbocycles. The highest BCUT2D eigenvalue weighted by atomic mass is 79.9. The highest BCUT2D eigenvalue weighted by Gasteiger charge is 2.25. The van der Waals surface area contributed by atoms with Crippen LogP contribution >= 0.6 is 15.9 Å². The molecule has 0 bridgehead atoms. The first kappa shape index (κ1) is 13.9. The van der Waals surface area contributed by atoms with Crippen LogP contribution in [0.2, 0.25) is 0 Å². The molecule has 0 aromatic heterocycles. The first-order valence-corrected chi connectivity index (χ1v) is 7.38. The number of nitrogens with zero attached hydrogens (tertiary/aromatic N) is 1. The van der Waals surface area contributed by atoms with E-state index in [1.807, 2.05) is 0 Å². The lowest BCUT2D eigenvalue weighted by molar-refractivity contribution is -0.129. The summed E-state index contributed by atoms with van der Waals surface area (Å²) in [5.74, 6) is -0.339. The van der Waals surface area contributed by atoms with Gasteiger partial charge in [0.25, 0.3) is 0 Å². The van der Waals surface area contributed by atoms with Crippen molar-refractivity contribution in [1.82, 2.24) is 4.90 Å². The Labute approximate surface area is 93.7 Å². The molecule has 0 N–H and O–H groups in total. The molecule has 0 aliphatic rings. The predicted molar refractivity (Wildman–Crippen MR) is 60.4 cm³/mol. The van der Waals surface area contributed by atoms with E-state index < -0.39 is 15.1 Å². The fourth-order valence-electron chi connectivity index (χ4n) is 0.901. The Morgan fingerprint density at radius 2 is 2.00 bits per heavy atom. The SMILES string of the molecule is CC(C(=O)N(C)CCCBr)S(C)(=O)=O. The van der Waals surface area contributed by atoms with Crippen molar-refractivity contribution in [2.75, 3.05) is 25.2 Å². The number of hydrogen-bond acceptors (Lipinski definition) is 3. The van der Waals surface area contributed by atoms with Gasteiger partial charge in [-0.2, -0.15) is 0 Å². The smallest absolute Gasteiger partial charge is 0.240 e. The van der Waals surface area contributed by atoms with Gasteiger partial charge in [-0.15, -0.1) is 0 Å². The van der Waals surface area contributed by atoms with E-state index in [0.717, 1.165) is 18.0 Å². The maximum absolute atomic E-state index is 11.5. The van der Waals surface area contributed by atoms with Crippen LogP contribution in [0.1, 0.15) is 13.3 Å². The van der Waals surface area contributed by atoms with E-state index in [1.165, 1.54) is 11.8 Å². The van der Waals surface area contributed by atoms with Gasteiger partial charge in [0.1, 0.15) is 5.25 Å². The molecule has 0 fully saturated rings. The number of amides is 1. The van der Waals surface area contributed by atoms with Gasteiger partial charge in [-0.25, -0.2) is 8.42 Å². The number of sulfone groups is 1. The second-order valence-electron chi connectivity index (χ2n) is 3.27. The molecule has 1 amide bonds. The molecule has 1 unspecified atom stereocenters. The summed E-state index contributed by atoms with van der Waals surface area (Å²) in [5, 5.41) is -0.138. The zero-order chi connectivity index (χ0) is 11.4. The molecule has 0 saturated carbocycles. The van der Waals surface area contributed by atoms with E-state index in [9.17, 15) is 13.2 Å². The van der Waals surface area contributed by atoms with E-state index in [4.69, 9.17) is 0 Å². The number of alkyl halides is 1. The molecule has 0 spiro atoms. The maximum Gasteiger partial charge on any atom is 0.240 e. The Balaban J connectivity index is 4.33. The first-order valence-electron chi connectivity index (χ1n) is 4.30. The van der Waals surface area contributed by atoms with Crippen molar-refractivity contribution < 1.29 is 13.2 Å². The van der Waals surface area contributed by atoms with Crippen molar-refractivity contribution >= 4 is 31.7 Å². The summed E-state index contributed by atoms with van der Waals surface area (Å²) in [6.45, 7) is 1.99. The van der Waals surface area contributed by atoms with Crippen LogP contribution in [0.25, 0.3) is 0 Å². The minimum absolute atomic E-state index is 0.339. The largest absolute Gasteiger partial charge is 0.345 e. The van der Waals surface area contributed by atoms with Crippen LogP contribution in [0.5, 0.6) is 0 Å². The topological polar surface area (TPSA) is 54.5 Å². The van der Waals surface area contributed by atoms with Crippen LogP contribution in [0.4, 0.5) is 0 Å². The fraction of sp³-hybridized carbons (Fsp3) is 0.875. The molecule has 84 valence electrons. The van der Waals surface area contributed by atoms with Crippen molar-refractivity contribution in [1.29, 1.82) is 0 Å². The predicted octanol–water partition coefficient (Wildman–Crippen LogP) is 0.663. The molecular formula is C8H16BrNO3S. The molecule has 0 radical (unpaired) electrons. The van der Waals surface area contributed by atoms with Gasteiger partial charge in [-0.1, -0.05) is 15.9 Å². The van der Waals surface area contributed by atoms with Gasteiger partial charge in [0.05, 0.1) is 0 Å². The van der Waals surface area contributed by atoms with Crippen molar-refractivity contribution in [3.63, 3.8) is 0 Å². The Morgan fingerprint density at radius 1 is 1.50 bits per heavy atom. The number of hydrogen-bond donors (Lipinski definition) is 0. The second kappa shape index (κ2) is 5.70. The van der Waals surface area contributed by atoms with Crippen molar-refractivity contribution in [2.45, 2.75) is 18.6 Å². The van der Waals surface area contributed by atoms with Crippen LogP contribution in [0.15, 0.2) is 0 Å². The molecular weight excluding hydrogens is 270 g/mol. The number of carbonyl (C=O) groups is 1. The van der Waals surface area contributed by atoms with Crippen LogP contribution in [0, 0.1) is 0 Å². The minimum atomic E-state index is -3.28. The zero-order valence-electron chi connectivity index (χ0n) is 8.66. The van der Waals surface area contributed by atoms with E-state index in [0.29, 0.717) is 6.54 Å². The minimum Gasteiger partial charge on any atom is -0.345 e. The second-order valence-corrected chi connectivity index (χ2v) is 6.43.